The van der Waals surface area contributed by atoms with Crippen molar-refractivity contribution in [2.24, 2.45) is 5.92 Å². The summed E-state index contributed by atoms with van der Waals surface area (Å²) in [5, 5.41) is 0. The fraction of sp³-hybridized carbons (Fsp3) is 0.545. The molecule has 0 radical (unpaired) electrons. The molecule has 23 heavy (non-hydrogen) atoms. The molecule has 2 rings (SSSR count). The van der Waals surface area contributed by atoms with Crippen molar-refractivity contribution in [1.82, 2.24) is 0 Å². The van der Waals surface area contributed by atoms with E-state index in [9.17, 15) is 0 Å². The molecule has 1 aliphatic rings. The summed E-state index contributed by atoms with van der Waals surface area (Å²) >= 11 is 0. The van der Waals surface area contributed by atoms with Crippen LogP contribution in [0.3, 0.4) is 0 Å². The third-order valence-corrected chi connectivity index (χ3v) is 4.78. The minimum Gasteiger partial charge on any atom is -0.377 e. The molecule has 126 valence electrons. The zero-order valence-corrected chi connectivity index (χ0v) is 14.9. The maximum Gasteiger partial charge on any atom is 0.0653 e. The van der Waals surface area contributed by atoms with Gasteiger partial charge in [0.2, 0.25) is 0 Å². The van der Waals surface area contributed by atoms with E-state index in [1.54, 1.807) is 0 Å². The molecule has 1 atom stereocenters. The number of hydrogen-bond acceptors (Lipinski definition) is 1. The van der Waals surface area contributed by atoms with E-state index in [-0.39, 0.29) is 0 Å². The summed E-state index contributed by atoms with van der Waals surface area (Å²) in [4.78, 5) is 0. The molecule has 0 N–H and O–H groups in total. The Morgan fingerprint density at radius 1 is 1.13 bits per heavy atom. The Labute approximate surface area is 142 Å². The monoisotopic (exact) mass is 312 g/mol. The first kappa shape index (κ1) is 18.0. The summed E-state index contributed by atoms with van der Waals surface area (Å²) in [5.41, 5.74) is 4.28. The van der Waals surface area contributed by atoms with E-state index in [1.807, 2.05) is 0 Å². The highest BCUT2D eigenvalue weighted by Gasteiger charge is 2.09. The predicted octanol–water partition coefficient (Wildman–Crippen LogP) is 6.41. The summed E-state index contributed by atoms with van der Waals surface area (Å²) in [7, 11) is 0. The molecule has 0 bridgehead atoms. The van der Waals surface area contributed by atoms with Gasteiger partial charge in [-0.2, -0.15) is 0 Å². The van der Waals surface area contributed by atoms with Crippen LogP contribution in [0.15, 0.2) is 48.1 Å². The number of benzene rings is 1. The van der Waals surface area contributed by atoms with Gasteiger partial charge in [0.15, 0.2) is 0 Å². The van der Waals surface area contributed by atoms with Crippen LogP contribution in [0.1, 0.15) is 64.4 Å². The van der Waals surface area contributed by atoms with Crippen molar-refractivity contribution < 1.29 is 4.74 Å². The second-order valence-corrected chi connectivity index (χ2v) is 6.62. The Kier molecular flexibility index (Phi) is 8.17. The average molecular weight is 312 g/mol. The summed E-state index contributed by atoms with van der Waals surface area (Å²) in [6, 6.07) is 10.8. The fourth-order valence-corrected chi connectivity index (χ4v) is 3.19. The maximum absolute atomic E-state index is 5.92. The van der Waals surface area contributed by atoms with Crippen LogP contribution < -0.4 is 0 Å². The number of allylic oxidation sites excluding steroid dienone is 3. The first-order valence-electron chi connectivity index (χ1n) is 9.36. The highest BCUT2D eigenvalue weighted by Crippen LogP contribution is 2.29. The Morgan fingerprint density at radius 3 is 2.70 bits per heavy atom. The van der Waals surface area contributed by atoms with E-state index < -0.39 is 0 Å². The van der Waals surface area contributed by atoms with Gasteiger partial charge in [0.1, 0.15) is 0 Å². The van der Waals surface area contributed by atoms with Gasteiger partial charge in [0, 0.05) is 6.61 Å². The van der Waals surface area contributed by atoms with E-state index in [1.165, 1.54) is 61.7 Å². The minimum atomic E-state index is 0.732. The molecule has 0 spiro atoms. The van der Waals surface area contributed by atoms with Crippen molar-refractivity contribution in [1.29, 1.82) is 0 Å². The van der Waals surface area contributed by atoms with Gasteiger partial charge < -0.3 is 4.74 Å². The van der Waals surface area contributed by atoms with E-state index in [0.29, 0.717) is 0 Å². The topological polar surface area (TPSA) is 9.23 Å². The van der Waals surface area contributed by atoms with Gasteiger partial charge in [-0.15, -0.1) is 0 Å². The van der Waals surface area contributed by atoms with Gasteiger partial charge in [-0.05, 0) is 48.3 Å². The molecule has 0 saturated heterocycles. The lowest BCUT2D eigenvalue weighted by Gasteiger charge is -2.17. The molecule has 1 aromatic rings. The van der Waals surface area contributed by atoms with Crippen molar-refractivity contribution >= 4 is 5.57 Å². The first-order chi connectivity index (χ1) is 11.3. The SMILES string of the molecule is CCCCC(CC)COC/C=C1/C=C(c2ccccc2)CCC1. The van der Waals surface area contributed by atoms with Crippen molar-refractivity contribution in [2.45, 2.75) is 58.8 Å². The van der Waals surface area contributed by atoms with Crippen LogP contribution in [-0.2, 0) is 4.74 Å². The third-order valence-electron chi connectivity index (χ3n) is 4.78. The molecule has 1 aromatic carbocycles. The zero-order chi connectivity index (χ0) is 16.3. The van der Waals surface area contributed by atoms with Crippen LogP contribution in [0.25, 0.3) is 5.57 Å². The fourth-order valence-electron chi connectivity index (χ4n) is 3.19. The standard InChI is InChI=1S/C22H32O/c1-3-5-10-19(4-2)18-23-16-15-20-11-9-14-22(17-20)21-12-7-6-8-13-21/h6-8,12-13,15,17,19H,3-5,9-11,14,16,18H2,1-2H3/b20-15+. The van der Waals surface area contributed by atoms with E-state index in [2.05, 4.69) is 56.3 Å². The first-order valence-corrected chi connectivity index (χ1v) is 9.36. The highest BCUT2D eigenvalue weighted by molar-refractivity contribution is 5.69. The van der Waals surface area contributed by atoms with Gasteiger partial charge in [-0.1, -0.05) is 75.6 Å². The van der Waals surface area contributed by atoms with Crippen molar-refractivity contribution in [2.75, 3.05) is 13.2 Å². The Bertz CT molecular complexity index is 498. The van der Waals surface area contributed by atoms with Crippen LogP contribution in [0.5, 0.6) is 0 Å². The number of hydrogen-bond donors (Lipinski definition) is 0. The molecule has 0 fully saturated rings. The molecule has 0 aromatic heterocycles. The van der Waals surface area contributed by atoms with E-state index >= 15 is 0 Å². The molecule has 1 nitrogen and oxygen atoms in total. The normalized spacial score (nSPS) is 18.0. The second-order valence-electron chi connectivity index (χ2n) is 6.62. The second kappa shape index (κ2) is 10.4. The Hall–Kier alpha value is -1.34. The Morgan fingerprint density at radius 2 is 1.96 bits per heavy atom. The lowest BCUT2D eigenvalue weighted by molar-refractivity contribution is 0.116. The molecule has 0 saturated carbocycles. The van der Waals surface area contributed by atoms with Crippen LogP contribution >= 0.6 is 0 Å². The molecular weight excluding hydrogens is 280 g/mol. The summed E-state index contributed by atoms with van der Waals surface area (Å²) in [6.07, 6.45) is 13.4. The molecule has 1 aliphatic carbocycles. The third kappa shape index (κ3) is 6.35. The highest BCUT2D eigenvalue weighted by atomic mass is 16.5. The van der Waals surface area contributed by atoms with Gasteiger partial charge in [0.05, 0.1) is 6.61 Å². The van der Waals surface area contributed by atoms with Gasteiger partial charge in [-0.3, -0.25) is 0 Å². The molecule has 1 unspecified atom stereocenters. The van der Waals surface area contributed by atoms with Crippen LogP contribution in [-0.4, -0.2) is 13.2 Å². The zero-order valence-electron chi connectivity index (χ0n) is 14.9. The van der Waals surface area contributed by atoms with Crippen molar-refractivity contribution in [3.8, 4) is 0 Å². The lowest BCUT2D eigenvalue weighted by Crippen LogP contribution is -2.09. The predicted molar refractivity (Wildman–Crippen MR) is 100 cm³/mol. The summed E-state index contributed by atoms with van der Waals surface area (Å²) in [5.74, 6) is 0.732. The van der Waals surface area contributed by atoms with Crippen molar-refractivity contribution in [3.05, 3.63) is 53.6 Å². The maximum atomic E-state index is 5.92. The average Bonchev–Trinajstić information content (AvgIpc) is 2.62. The minimum absolute atomic E-state index is 0.732. The molecule has 0 aliphatic heterocycles. The van der Waals surface area contributed by atoms with Gasteiger partial charge in [0.25, 0.3) is 0 Å². The van der Waals surface area contributed by atoms with Crippen LogP contribution in [0, 0.1) is 5.92 Å². The largest absolute Gasteiger partial charge is 0.377 e. The molecule has 0 heterocycles. The Balaban J connectivity index is 1.83. The smallest absolute Gasteiger partial charge is 0.0653 e. The summed E-state index contributed by atoms with van der Waals surface area (Å²) < 4.78 is 5.92. The van der Waals surface area contributed by atoms with Crippen LogP contribution in [0.2, 0.25) is 0 Å². The van der Waals surface area contributed by atoms with E-state index in [0.717, 1.165) is 19.1 Å². The summed E-state index contributed by atoms with van der Waals surface area (Å²) in [6.45, 7) is 6.21. The quantitative estimate of drug-likeness (QED) is 0.478. The molecule has 1 heteroatoms. The number of ether oxygens (including phenoxy) is 1. The van der Waals surface area contributed by atoms with Crippen LogP contribution in [0.4, 0.5) is 0 Å². The van der Waals surface area contributed by atoms with Gasteiger partial charge >= 0.3 is 0 Å². The van der Waals surface area contributed by atoms with Gasteiger partial charge in [-0.25, -0.2) is 0 Å². The number of rotatable bonds is 9. The number of unbranched alkanes of at least 4 members (excludes halogenated alkanes) is 1. The molecule has 0 amide bonds. The lowest BCUT2D eigenvalue weighted by atomic mass is 9.90. The molecular formula is C22H32O. The van der Waals surface area contributed by atoms with E-state index in [4.69, 9.17) is 4.74 Å². The van der Waals surface area contributed by atoms with Crippen molar-refractivity contribution in [3.63, 3.8) is 0 Å².